The minimum absolute atomic E-state index is 0.116. The van der Waals surface area contributed by atoms with Crippen LogP contribution >= 0.6 is 22.6 Å². The minimum Gasteiger partial charge on any atom is -0.478 e. The van der Waals surface area contributed by atoms with Crippen molar-refractivity contribution in [2.24, 2.45) is 0 Å². The number of carbonyl (C=O) groups excluding carboxylic acids is 1. The Bertz CT molecular complexity index is 670. The highest BCUT2D eigenvalue weighted by atomic mass is 127. The molecule has 2 rings (SSSR count). The van der Waals surface area contributed by atoms with Crippen LogP contribution in [0, 0.1) is 3.57 Å². The Balaban J connectivity index is 1.93. The van der Waals surface area contributed by atoms with Crippen molar-refractivity contribution in [3.05, 3.63) is 68.8 Å². The van der Waals surface area contributed by atoms with Gasteiger partial charge in [0.05, 0.1) is 11.1 Å². The molecular weight excluding hydrogens is 381 g/mol. The van der Waals surface area contributed by atoms with Crippen molar-refractivity contribution < 1.29 is 14.7 Å². The van der Waals surface area contributed by atoms with E-state index in [-0.39, 0.29) is 11.5 Å². The van der Waals surface area contributed by atoms with Crippen LogP contribution in [0.4, 0.5) is 0 Å². The maximum Gasteiger partial charge on any atom is 0.335 e. The molecule has 4 nitrogen and oxygen atoms in total. The van der Waals surface area contributed by atoms with Crippen molar-refractivity contribution in [3.63, 3.8) is 0 Å². The average Bonchev–Trinajstić information content (AvgIpc) is 2.48. The molecule has 21 heavy (non-hydrogen) atoms. The van der Waals surface area contributed by atoms with Crippen LogP contribution in [0.3, 0.4) is 0 Å². The molecule has 0 bridgehead atoms. The molecule has 0 heterocycles. The number of carbonyl (C=O) groups is 2. The van der Waals surface area contributed by atoms with Crippen molar-refractivity contribution in [1.82, 2.24) is 5.32 Å². The maximum atomic E-state index is 12.0. The van der Waals surface area contributed by atoms with Crippen LogP contribution in [-0.4, -0.2) is 23.5 Å². The largest absolute Gasteiger partial charge is 0.478 e. The molecule has 0 aliphatic carbocycles. The Hall–Kier alpha value is -1.89. The molecule has 0 saturated carbocycles. The van der Waals surface area contributed by atoms with Gasteiger partial charge in [-0.05, 0) is 58.8 Å². The molecule has 1 amide bonds. The van der Waals surface area contributed by atoms with E-state index in [4.69, 9.17) is 5.11 Å². The summed E-state index contributed by atoms with van der Waals surface area (Å²) in [6, 6.07) is 14.1. The van der Waals surface area contributed by atoms with Gasteiger partial charge in [-0.1, -0.05) is 24.3 Å². The van der Waals surface area contributed by atoms with Crippen LogP contribution in [0.25, 0.3) is 0 Å². The van der Waals surface area contributed by atoms with Crippen LogP contribution in [0.5, 0.6) is 0 Å². The van der Waals surface area contributed by atoms with Gasteiger partial charge < -0.3 is 10.4 Å². The zero-order chi connectivity index (χ0) is 15.2. The summed E-state index contributed by atoms with van der Waals surface area (Å²) in [5.74, 6) is -1.06. The lowest BCUT2D eigenvalue weighted by Crippen LogP contribution is -2.26. The van der Waals surface area contributed by atoms with Crippen LogP contribution < -0.4 is 5.32 Å². The molecule has 0 spiro atoms. The summed E-state index contributed by atoms with van der Waals surface area (Å²) in [6.45, 7) is 0.465. The summed E-state index contributed by atoms with van der Waals surface area (Å²) in [4.78, 5) is 22.9. The van der Waals surface area contributed by atoms with Crippen LogP contribution in [-0.2, 0) is 6.42 Å². The summed E-state index contributed by atoms with van der Waals surface area (Å²) in [5.41, 5.74) is 1.80. The highest BCUT2D eigenvalue weighted by Crippen LogP contribution is 2.11. The van der Waals surface area contributed by atoms with Crippen molar-refractivity contribution in [3.8, 4) is 0 Å². The molecule has 108 valence electrons. The number of rotatable bonds is 5. The highest BCUT2D eigenvalue weighted by molar-refractivity contribution is 14.1. The third-order valence-corrected chi connectivity index (χ3v) is 3.93. The normalized spacial score (nSPS) is 10.1. The van der Waals surface area contributed by atoms with Crippen LogP contribution in [0.2, 0.25) is 0 Å². The van der Waals surface area contributed by atoms with E-state index in [1.165, 1.54) is 0 Å². The summed E-state index contributed by atoms with van der Waals surface area (Å²) in [5, 5.41) is 11.8. The number of amides is 1. The lowest BCUT2D eigenvalue weighted by atomic mass is 10.1. The molecule has 0 saturated heterocycles. The second kappa shape index (κ2) is 7.21. The van der Waals surface area contributed by atoms with Crippen molar-refractivity contribution in [2.45, 2.75) is 6.42 Å². The topological polar surface area (TPSA) is 66.4 Å². The molecular formula is C16H14INO3. The maximum absolute atomic E-state index is 12.0. The summed E-state index contributed by atoms with van der Waals surface area (Å²) < 4.78 is 0.903. The SMILES string of the molecule is O=C(O)c1cccc(CCNC(=O)c2ccccc2I)c1. The standard InChI is InChI=1S/C16H14INO3/c17-14-7-2-1-6-13(14)15(19)18-9-8-11-4-3-5-12(10-11)16(20)21/h1-7,10H,8-9H2,(H,18,19)(H,20,21). The molecule has 0 aliphatic heterocycles. The number of nitrogens with one attached hydrogen (secondary N) is 1. The van der Waals surface area contributed by atoms with E-state index in [0.717, 1.165) is 9.13 Å². The molecule has 0 atom stereocenters. The number of aromatic carboxylic acids is 1. The van der Waals surface area contributed by atoms with Crippen molar-refractivity contribution in [1.29, 1.82) is 0 Å². The summed E-state index contributed by atoms with van der Waals surface area (Å²) in [7, 11) is 0. The molecule has 2 N–H and O–H groups in total. The lowest BCUT2D eigenvalue weighted by Gasteiger charge is -2.07. The third kappa shape index (κ3) is 4.29. The van der Waals surface area contributed by atoms with Gasteiger partial charge in [0.2, 0.25) is 0 Å². The van der Waals surface area contributed by atoms with E-state index in [1.807, 2.05) is 24.3 Å². The summed E-state index contributed by atoms with van der Waals surface area (Å²) >= 11 is 2.12. The molecule has 2 aromatic carbocycles. The molecule has 0 aliphatic rings. The highest BCUT2D eigenvalue weighted by Gasteiger charge is 2.08. The second-order valence-electron chi connectivity index (χ2n) is 4.49. The first kappa shape index (κ1) is 15.5. The van der Waals surface area contributed by atoms with Gasteiger partial charge in [-0.3, -0.25) is 4.79 Å². The zero-order valence-corrected chi connectivity index (χ0v) is 13.3. The quantitative estimate of drug-likeness (QED) is 0.766. The Kier molecular flexibility index (Phi) is 5.32. The fourth-order valence-corrected chi connectivity index (χ4v) is 2.55. The minimum atomic E-state index is -0.945. The Morgan fingerprint density at radius 1 is 1.10 bits per heavy atom. The fourth-order valence-electron chi connectivity index (χ4n) is 1.92. The Morgan fingerprint density at radius 3 is 2.57 bits per heavy atom. The number of carboxylic acids is 1. The third-order valence-electron chi connectivity index (χ3n) is 2.99. The number of hydrogen-bond donors (Lipinski definition) is 2. The van der Waals surface area contributed by atoms with E-state index < -0.39 is 5.97 Å². The van der Waals surface area contributed by atoms with Crippen molar-refractivity contribution >= 4 is 34.5 Å². The molecule has 0 unspecified atom stereocenters. The van der Waals surface area contributed by atoms with E-state index >= 15 is 0 Å². The van der Waals surface area contributed by atoms with Gasteiger partial charge in [-0.25, -0.2) is 4.79 Å². The predicted octanol–water partition coefficient (Wildman–Crippen LogP) is 2.96. The Labute approximate surface area is 136 Å². The van der Waals surface area contributed by atoms with Gasteiger partial charge in [0, 0.05) is 10.1 Å². The molecule has 0 radical (unpaired) electrons. The zero-order valence-electron chi connectivity index (χ0n) is 11.2. The average molecular weight is 395 g/mol. The smallest absolute Gasteiger partial charge is 0.335 e. The van der Waals surface area contributed by atoms with Crippen molar-refractivity contribution in [2.75, 3.05) is 6.54 Å². The molecule has 5 heteroatoms. The van der Waals surface area contributed by atoms with Gasteiger partial charge >= 0.3 is 5.97 Å². The molecule has 0 fully saturated rings. The number of carboxylic acid groups (broad SMARTS) is 1. The Morgan fingerprint density at radius 2 is 1.86 bits per heavy atom. The first-order valence-electron chi connectivity index (χ1n) is 6.43. The summed E-state index contributed by atoms with van der Waals surface area (Å²) in [6.07, 6.45) is 0.594. The first-order valence-corrected chi connectivity index (χ1v) is 7.51. The lowest BCUT2D eigenvalue weighted by molar-refractivity contribution is 0.0696. The van der Waals surface area contributed by atoms with Gasteiger partial charge in [-0.2, -0.15) is 0 Å². The van der Waals surface area contributed by atoms with E-state index in [0.29, 0.717) is 18.5 Å². The van der Waals surface area contributed by atoms with E-state index in [2.05, 4.69) is 27.9 Å². The van der Waals surface area contributed by atoms with Gasteiger partial charge in [0.1, 0.15) is 0 Å². The molecule has 2 aromatic rings. The van der Waals surface area contributed by atoms with Gasteiger partial charge in [0.25, 0.3) is 5.91 Å². The number of hydrogen-bond acceptors (Lipinski definition) is 2. The predicted molar refractivity (Wildman–Crippen MR) is 88.6 cm³/mol. The second-order valence-corrected chi connectivity index (χ2v) is 5.65. The van der Waals surface area contributed by atoms with Crippen LogP contribution in [0.15, 0.2) is 48.5 Å². The number of benzene rings is 2. The van der Waals surface area contributed by atoms with E-state index in [9.17, 15) is 9.59 Å². The monoisotopic (exact) mass is 395 g/mol. The first-order chi connectivity index (χ1) is 10.1. The van der Waals surface area contributed by atoms with Crippen LogP contribution in [0.1, 0.15) is 26.3 Å². The molecule has 0 aromatic heterocycles. The van der Waals surface area contributed by atoms with E-state index in [1.54, 1.807) is 24.3 Å². The van der Waals surface area contributed by atoms with Gasteiger partial charge in [0.15, 0.2) is 0 Å². The fraction of sp³-hybridized carbons (Fsp3) is 0.125. The number of halogens is 1. The van der Waals surface area contributed by atoms with Gasteiger partial charge in [-0.15, -0.1) is 0 Å².